The minimum atomic E-state index is -1.47. The van der Waals surface area contributed by atoms with E-state index in [1.54, 1.807) is 0 Å². The van der Waals surface area contributed by atoms with Crippen molar-refractivity contribution >= 4 is 12.6 Å². The quantitative estimate of drug-likeness (QED) is 0.503. The fourth-order valence-electron chi connectivity index (χ4n) is 2.77. The molecule has 0 N–H and O–H groups in total. The van der Waals surface area contributed by atoms with Crippen LogP contribution in [0, 0.1) is 6.66 Å². The van der Waals surface area contributed by atoms with E-state index in [2.05, 4.69) is 72.7 Å². The van der Waals surface area contributed by atoms with Crippen molar-refractivity contribution in [1.29, 1.82) is 0 Å². The summed E-state index contributed by atoms with van der Waals surface area (Å²) in [6, 6.07) is 9.17. The topological polar surface area (TPSA) is 0 Å². The number of rotatable bonds is 2. The zero-order valence-corrected chi connectivity index (χ0v) is 14.1. The summed E-state index contributed by atoms with van der Waals surface area (Å²) >= 11 is 0. The molecule has 1 heteroatoms. The van der Waals surface area contributed by atoms with Crippen LogP contribution >= 0.6 is 7.26 Å². The lowest BCUT2D eigenvalue weighted by Crippen LogP contribution is -2.38. The molecule has 1 aromatic rings. The van der Waals surface area contributed by atoms with E-state index >= 15 is 0 Å². The molecular weight excluding hydrogens is 235 g/mol. The Hall–Kier alpha value is -0.350. The summed E-state index contributed by atoms with van der Waals surface area (Å²) in [5, 5.41) is 1.93. The van der Waals surface area contributed by atoms with E-state index < -0.39 is 7.26 Å². The molecule has 0 spiro atoms. The van der Waals surface area contributed by atoms with Crippen LogP contribution in [0.1, 0.15) is 54.0 Å². The Morgan fingerprint density at radius 1 is 0.889 bits per heavy atom. The molecule has 0 aromatic heterocycles. The second-order valence-corrected chi connectivity index (χ2v) is 12.0. The highest BCUT2D eigenvalue weighted by molar-refractivity contribution is 7.86. The molecule has 0 aliphatic carbocycles. The average molecular weight is 264 g/mol. The first-order chi connectivity index (χ1) is 8.04. The molecule has 0 unspecified atom stereocenters. The Kier molecular flexibility index (Phi) is 4.34. The molecule has 0 fully saturated rings. The Morgan fingerprint density at radius 3 is 1.56 bits per heavy atom. The van der Waals surface area contributed by atoms with Crippen LogP contribution in [0.15, 0.2) is 24.3 Å². The zero-order valence-electron chi connectivity index (χ0n) is 13.2. The van der Waals surface area contributed by atoms with E-state index in [9.17, 15) is 0 Å². The van der Waals surface area contributed by atoms with Gasteiger partial charge in [0.1, 0.15) is 0 Å². The van der Waals surface area contributed by atoms with Gasteiger partial charge in [0.15, 0.2) is 0 Å². The van der Waals surface area contributed by atoms with Crippen LogP contribution in [0.5, 0.6) is 0 Å². The molecule has 1 aromatic carbocycles. The molecule has 0 bridgehead atoms. The minimum absolute atomic E-state index is 0.235. The van der Waals surface area contributed by atoms with Crippen LogP contribution in [0.4, 0.5) is 0 Å². The molecule has 0 aliphatic rings. The fourth-order valence-corrected chi connectivity index (χ4v) is 6.99. The van der Waals surface area contributed by atoms with Crippen molar-refractivity contribution in [3.63, 3.8) is 0 Å². The fraction of sp³-hybridized carbons (Fsp3) is 0.588. The molecule has 0 saturated carbocycles. The second-order valence-electron chi connectivity index (χ2n) is 7.17. The van der Waals surface area contributed by atoms with Gasteiger partial charge in [0.25, 0.3) is 0 Å². The number of aryl methyl sites for hydroxylation is 1. The second kappa shape index (κ2) is 4.97. The van der Waals surface area contributed by atoms with Gasteiger partial charge in [-0.1, -0.05) is 26.3 Å². The van der Waals surface area contributed by atoms with E-state index in [0.717, 1.165) is 6.42 Å². The van der Waals surface area contributed by atoms with Crippen molar-refractivity contribution in [3.8, 4) is 0 Å². The lowest BCUT2D eigenvalue weighted by atomic mass is 10.2. The maximum absolute atomic E-state index is 4.75. The summed E-state index contributed by atoms with van der Waals surface area (Å²) in [4.78, 5) is 0. The van der Waals surface area contributed by atoms with E-state index in [1.165, 1.54) is 10.9 Å². The van der Waals surface area contributed by atoms with E-state index in [-0.39, 0.29) is 10.3 Å². The molecule has 0 atom stereocenters. The maximum Gasteiger partial charge on any atom is 0.0656 e. The monoisotopic (exact) mass is 264 g/mol. The molecule has 0 aliphatic heterocycles. The standard InChI is InChI=1S/C17H29P/c1-9-14-10-12-15(13-11-14)18(8,16(2,3)4)17(5,6)7/h10-13H,8-9H2,1-7H3. The summed E-state index contributed by atoms with van der Waals surface area (Å²) in [6.07, 6.45) is 1.11. The normalized spacial score (nSPS) is 13.8. The molecule has 1 rings (SSSR count). The van der Waals surface area contributed by atoms with E-state index in [1.807, 2.05) is 0 Å². The van der Waals surface area contributed by atoms with Gasteiger partial charge >= 0.3 is 0 Å². The van der Waals surface area contributed by atoms with Gasteiger partial charge in [0.05, 0.1) is 15.6 Å². The molecule has 102 valence electrons. The zero-order chi connectivity index (χ0) is 14.2. The third kappa shape index (κ3) is 2.64. The van der Waals surface area contributed by atoms with Crippen LogP contribution in [-0.2, 0) is 6.42 Å². The first kappa shape index (κ1) is 15.7. The van der Waals surface area contributed by atoms with Crippen molar-refractivity contribution in [2.24, 2.45) is 0 Å². The van der Waals surface area contributed by atoms with Crippen LogP contribution in [0.2, 0.25) is 0 Å². The van der Waals surface area contributed by atoms with Gasteiger partial charge in [-0.05, 0) is 65.7 Å². The maximum atomic E-state index is 4.75. The van der Waals surface area contributed by atoms with Gasteiger partial charge in [-0.15, -0.1) is 0 Å². The average Bonchev–Trinajstić information content (AvgIpc) is 2.25. The highest BCUT2D eigenvalue weighted by Crippen LogP contribution is 2.74. The van der Waals surface area contributed by atoms with Gasteiger partial charge < -0.3 is 0 Å². The van der Waals surface area contributed by atoms with E-state index in [4.69, 9.17) is 6.66 Å². The van der Waals surface area contributed by atoms with Gasteiger partial charge in [-0.2, -0.15) is 6.66 Å². The van der Waals surface area contributed by atoms with Crippen molar-refractivity contribution in [1.82, 2.24) is 0 Å². The molecule has 0 nitrogen and oxygen atoms in total. The summed E-state index contributed by atoms with van der Waals surface area (Å²) in [6.45, 7) is 21.0. The third-order valence-corrected chi connectivity index (χ3v) is 9.84. The highest BCUT2D eigenvalue weighted by Gasteiger charge is 2.49. The smallest absolute Gasteiger partial charge is 0.0656 e. The van der Waals surface area contributed by atoms with Gasteiger partial charge in [-0.25, -0.2) is 0 Å². The predicted octanol–water partition coefficient (Wildman–Crippen LogP) is 5.28. The van der Waals surface area contributed by atoms with Crippen LogP contribution in [0.25, 0.3) is 0 Å². The SMILES string of the molecule is [CH2-][P+](c1ccc(CC)cc1)(C(C)(C)C)C(C)(C)C. The Balaban J connectivity index is 3.36. The molecular formula is C17H29P. The number of benzene rings is 1. The lowest BCUT2D eigenvalue weighted by Gasteiger charge is -2.51. The largest absolute Gasteiger partial charge is 0.174 e. The number of hydrogen-bond donors (Lipinski definition) is 0. The molecule has 18 heavy (non-hydrogen) atoms. The Morgan fingerprint density at radius 2 is 1.28 bits per heavy atom. The van der Waals surface area contributed by atoms with Crippen LogP contribution in [-0.4, -0.2) is 10.3 Å². The summed E-state index contributed by atoms with van der Waals surface area (Å²) < 4.78 is 0. The first-order valence-electron chi connectivity index (χ1n) is 6.87. The number of hydrogen-bond acceptors (Lipinski definition) is 0. The highest BCUT2D eigenvalue weighted by atomic mass is 31.2. The molecule has 0 heterocycles. The van der Waals surface area contributed by atoms with Gasteiger partial charge in [0, 0.05) is 0 Å². The predicted molar refractivity (Wildman–Crippen MR) is 87.2 cm³/mol. The molecule has 0 saturated heterocycles. The van der Waals surface area contributed by atoms with Crippen molar-refractivity contribution < 1.29 is 0 Å². The molecule has 0 radical (unpaired) electrons. The first-order valence-corrected chi connectivity index (χ1v) is 8.84. The van der Waals surface area contributed by atoms with Gasteiger partial charge in [0.2, 0.25) is 0 Å². The van der Waals surface area contributed by atoms with Crippen LogP contribution in [0.3, 0.4) is 0 Å². The summed E-state index contributed by atoms with van der Waals surface area (Å²) in [5.74, 6) is 0. The Labute approximate surface area is 115 Å². The van der Waals surface area contributed by atoms with Crippen molar-refractivity contribution in [2.45, 2.75) is 65.2 Å². The lowest BCUT2D eigenvalue weighted by molar-refractivity contribution is 0.702. The summed E-state index contributed by atoms with van der Waals surface area (Å²) in [5.41, 5.74) is 1.41. The van der Waals surface area contributed by atoms with E-state index in [0.29, 0.717) is 0 Å². The minimum Gasteiger partial charge on any atom is -0.174 e. The molecule has 0 amide bonds. The third-order valence-electron chi connectivity index (χ3n) is 4.08. The van der Waals surface area contributed by atoms with Crippen LogP contribution < -0.4 is 5.30 Å². The summed E-state index contributed by atoms with van der Waals surface area (Å²) in [7, 11) is -1.47. The van der Waals surface area contributed by atoms with Crippen molar-refractivity contribution in [2.75, 3.05) is 0 Å². The van der Waals surface area contributed by atoms with Crippen molar-refractivity contribution in [3.05, 3.63) is 36.5 Å². The Bertz CT molecular complexity index is 373. The van der Waals surface area contributed by atoms with Gasteiger partial charge in [-0.3, -0.25) is 0 Å².